The summed E-state index contributed by atoms with van der Waals surface area (Å²) in [5.41, 5.74) is 1.13. The lowest BCUT2D eigenvalue weighted by atomic mass is 9.85. The van der Waals surface area contributed by atoms with Crippen molar-refractivity contribution in [2.24, 2.45) is 5.92 Å². The second kappa shape index (κ2) is 7.06. The number of benzene rings is 1. The molecule has 19 heavy (non-hydrogen) atoms. The summed E-state index contributed by atoms with van der Waals surface area (Å²) in [5, 5.41) is 6.34. The minimum atomic E-state index is 0.191. The van der Waals surface area contributed by atoms with Crippen LogP contribution in [0.5, 0.6) is 0 Å². The van der Waals surface area contributed by atoms with E-state index in [9.17, 15) is 4.79 Å². The van der Waals surface area contributed by atoms with E-state index in [0.717, 1.165) is 35.7 Å². The Hall–Kier alpha value is -0.870. The summed E-state index contributed by atoms with van der Waals surface area (Å²) in [5.74, 6) is 0.395. The maximum atomic E-state index is 12.1. The largest absolute Gasteiger partial charge is 0.352 e. The number of hydrogen-bond donors (Lipinski definition) is 2. The molecule has 1 saturated carbocycles. The van der Waals surface area contributed by atoms with Crippen molar-refractivity contribution in [3.8, 4) is 0 Å². The molecule has 2 N–H and O–H groups in total. The minimum Gasteiger partial charge on any atom is -0.352 e. The first-order valence-electron chi connectivity index (χ1n) is 6.88. The molecule has 1 aliphatic carbocycles. The molecule has 0 atom stereocenters. The quantitative estimate of drug-likeness (QED) is 0.894. The first-order valence-corrected chi connectivity index (χ1v) is 7.67. The lowest BCUT2D eigenvalue weighted by Crippen LogP contribution is -2.37. The van der Waals surface area contributed by atoms with E-state index >= 15 is 0 Å². The number of carbonyl (C=O) groups is 1. The van der Waals surface area contributed by atoms with Gasteiger partial charge in [0.15, 0.2) is 0 Å². The summed E-state index contributed by atoms with van der Waals surface area (Å²) in [6.07, 6.45) is 4.20. The molecule has 1 amide bonds. The second-order valence-electron chi connectivity index (χ2n) is 5.18. The molecule has 0 spiro atoms. The van der Waals surface area contributed by atoms with Crippen LogP contribution in [0.2, 0.25) is 0 Å². The minimum absolute atomic E-state index is 0.191. The van der Waals surface area contributed by atoms with E-state index in [4.69, 9.17) is 0 Å². The van der Waals surface area contributed by atoms with Gasteiger partial charge < -0.3 is 10.6 Å². The first kappa shape index (κ1) is 14.5. The highest BCUT2D eigenvalue weighted by Crippen LogP contribution is 2.24. The highest BCUT2D eigenvalue weighted by atomic mass is 79.9. The summed E-state index contributed by atoms with van der Waals surface area (Å²) < 4.78 is 1.05. The molecule has 0 radical (unpaired) electrons. The molecule has 4 heteroatoms. The average Bonchev–Trinajstić information content (AvgIpc) is 2.45. The van der Waals surface area contributed by atoms with Crippen molar-refractivity contribution in [3.63, 3.8) is 0 Å². The molecule has 0 aromatic heterocycles. The molecular weight excluding hydrogens is 304 g/mol. The zero-order valence-electron chi connectivity index (χ0n) is 11.3. The van der Waals surface area contributed by atoms with E-state index < -0.39 is 0 Å². The van der Waals surface area contributed by atoms with Crippen LogP contribution >= 0.6 is 15.9 Å². The van der Waals surface area contributed by atoms with Gasteiger partial charge in [0.1, 0.15) is 0 Å². The second-order valence-corrected chi connectivity index (χ2v) is 6.10. The Bertz CT molecular complexity index is 428. The van der Waals surface area contributed by atoms with Crippen LogP contribution in [-0.2, 0) is 11.3 Å². The molecule has 0 heterocycles. The van der Waals surface area contributed by atoms with E-state index in [1.807, 2.05) is 31.3 Å². The zero-order valence-corrected chi connectivity index (χ0v) is 12.9. The predicted octanol–water partition coefficient (Wildman–Crippen LogP) is 2.84. The van der Waals surface area contributed by atoms with Crippen molar-refractivity contribution in [1.29, 1.82) is 0 Å². The van der Waals surface area contributed by atoms with Crippen LogP contribution < -0.4 is 10.6 Å². The normalized spacial score (nSPS) is 23.1. The molecule has 1 aromatic carbocycles. The van der Waals surface area contributed by atoms with Gasteiger partial charge in [-0.05, 0) is 50.4 Å². The van der Waals surface area contributed by atoms with Gasteiger partial charge >= 0.3 is 0 Å². The van der Waals surface area contributed by atoms with Crippen LogP contribution in [-0.4, -0.2) is 19.0 Å². The van der Waals surface area contributed by atoms with E-state index in [1.54, 1.807) is 0 Å². The number of hydrogen-bond acceptors (Lipinski definition) is 2. The highest BCUT2D eigenvalue weighted by Gasteiger charge is 2.25. The Morgan fingerprint density at radius 3 is 2.68 bits per heavy atom. The fraction of sp³-hybridized carbons (Fsp3) is 0.533. The molecular formula is C15H21BrN2O. The van der Waals surface area contributed by atoms with Gasteiger partial charge in [0.05, 0.1) is 0 Å². The lowest BCUT2D eigenvalue weighted by molar-refractivity contribution is -0.126. The van der Waals surface area contributed by atoms with Gasteiger partial charge in [-0.3, -0.25) is 4.79 Å². The molecule has 104 valence electrons. The van der Waals surface area contributed by atoms with Crippen molar-refractivity contribution < 1.29 is 4.79 Å². The van der Waals surface area contributed by atoms with Gasteiger partial charge in [-0.25, -0.2) is 0 Å². The standard InChI is InChI=1S/C15H21BrN2O/c1-17-14-7-5-12(6-8-14)15(19)18-10-11-3-2-4-13(16)9-11/h2-4,9,12,14,17H,5-8,10H2,1H3,(H,18,19). The molecule has 0 bridgehead atoms. The lowest BCUT2D eigenvalue weighted by Gasteiger charge is -2.27. The Balaban J connectivity index is 1.79. The molecule has 0 unspecified atom stereocenters. The zero-order chi connectivity index (χ0) is 13.7. The molecule has 1 fully saturated rings. The topological polar surface area (TPSA) is 41.1 Å². The molecule has 1 aromatic rings. The Kier molecular flexibility index (Phi) is 5.40. The average molecular weight is 325 g/mol. The van der Waals surface area contributed by atoms with Crippen LogP contribution in [0.15, 0.2) is 28.7 Å². The van der Waals surface area contributed by atoms with Crippen molar-refractivity contribution >= 4 is 21.8 Å². The van der Waals surface area contributed by atoms with Gasteiger partial charge in [0, 0.05) is 23.0 Å². The van der Waals surface area contributed by atoms with E-state index in [2.05, 4.69) is 26.6 Å². The van der Waals surface area contributed by atoms with Crippen molar-refractivity contribution in [3.05, 3.63) is 34.3 Å². The van der Waals surface area contributed by atoms with Crippen LogP contribution in [0.1, 0.15) is 31.2 Å². The van der Waals surface area contributed by atoms with E-state index in [0.29, 0.717) is 12.6 Å². The fourth-order valence-electron chi connectivity index (χ4n) is 2.62. The third-order valence-electron chi connectivity index (χ3n) is 3.86. The number of carbonyl (C=O) groups excluding carboxylic acids is 1. The molecule has 2 rings (SSSR count). The van der Waals surface area contributed by atoms with Crippen LogP contribution in [0.4, 0.5) is 0 Å². The summed E-state index contributed by atoms with van der Waals surface area (Å²) in [7, 11) is 2.00. The van der Waals surface area contributed by atoms with Gasteiger partial charge in [-0.1, -0.05) is 28.1 Å². The summed E-state index contributed by atoms with van der Waals surface area (Å²) in [6.45, 7) is 0.615. The van der Waals surface area contributed by atoms with Crippen molar-refractivity contribution in [1.82, 2.24) is 10.6 Å². The number of nitrogens with one attached hydrogen (secondary N) is 2. The number of halogens is 1. The molecule has 0 aliphatic heterocycles. The number of rotatable bonds is 4. The predicted molar refractivity (Wildman–Crippen MR) is 80.8 cm³/mol. The maximum Gasteiger partial charge on any atom is 0.223 e. The smallest absolute Gasteiger partial charge is 0.223 e. The van der Waals surface area contributed by atoms with E-state index in [-0.39, 0.29) is 11.8 Å². The fourth-order valence-corrected chi connectivity index (χ4v) is 3.07. The van der Waals surface area contributed by atoms with Crippen LogP contribution in [0.25, 0.3) is 0 Å². The van der Waals surface area contributed by atoms with Gasteiger partial charge in [0.2, 0.25) is 5.91 Å². The number of amides is 1. The van der Waals surface area contributed by atoms with Crippen LogP contribution in [0, 0.1) is 5.92 Å². The Morgan fingerprint density at radius 1 is 1.32 bits per heavy atom. The van der Waals surface area contributed by atoms with Gasteiger partial charge in [0.25, 0.3) is 0 Å². The SMILES string of the molecule is CNC1CCC(C(=O)NCc2cccc(Br)c2)CC1. The van der Waals surface area contributed by atoms with Crippen molar-refractivity contribution in [2.45, 2.75) is 38.3 Å². The third-order valence-corrected chi connectivity index (χ3v) is 4.36. The van der Waals surface area contributed by atoms with Crippen LogP contribution in [0.3, 0.4) is 0 Å². The summed E-state index contributed by atoms with van der Waals surface area (Å²) >= 11 is 3.44. The molecule has 1 aliphatic rings. The monoisotopic (exact) mass is 324 g/mol. The summed E-state index contributed by atoms with van der Waals surface area (Å²) in [4.78, 5) is 12.1. The molecule has 0 saturated heterocycles. The Labute approximate surface area is 123 Å². The Morgan fingerprint density at radius 2 is 2.05 bits per heavy atom. The van der Waals surface area contributed by atoms with Gasteiger partial charge in [-0.15, -0.1) is 0 Å². The maximum absolute atomic E-state index is 12.1. The third kappa shape index (κ3) is 4.32. The van der Waals surface area contributed by atoms with Crippen molar-refractivity contribution in [2.75, 3.05) is 7.05 Å². The van der Waals surface area contributed by atoms with E-state index in [1.165, 1.54) is 0 Å². The van der Waals surface area contributed by atoms with Gasteiger partial charge in [-0.2, -0.15) is 0 Å². The highest BCUT2D eigenvalue weighted by molar-refractivity contribution is 9.10. The summed E-state index contributed by atoms with van der Waals surface area (Å²) in [6, 6.07) is 8.64. The molecule has 3 nitrogen and oxygen atoms in total. The first-order chi connectivity index (χ1) is 9.19.